The number of benzene rings is 1. The minimum absolute atomic E-state index is 0.0971. The minimum atomic E-state index is 0.0971. The second kappa shape index (κ2) is 6.45. The van der Waals surface area contributed by atoms with Gasteiger partial charge < -0.3 is 15.0 Å². The van der Waals surface area contributed by atoms with Crippen molar-refractivity contribution >= 4 is 5.91 Å². The molecule has 114 valence electrons. The number of hydrogen-bond acceptors (Lipinski definition) is 4. The summed E-state index contributed by atoms with van der Waals surface area (Å²) < 4.78 is 5.48. The SMILES string of the molecule is CN(CCN1CCNCC1)C(=O)c1ccc2c(c1)CCO2. The quantitative estimate of drug-likeness (QED) is 0.881. The van der Waals surface area contributed by atoms with Crippen LogP contribution in [0.4, 0.5) is 0 Å². The van der Waals surface area contributed by atoms with Gasteiger partial charge in [0.15, 0.2) is 0 Å². The predicted molar refractivity (Wildman–Crippen MR) is 81.9 cm³/mol. The molecule has 2 aliphatic heterocycles. The summed E-state index contributed by atoms with van der Waals surface area (Å²) in [6, 6.07) is 5.76. The van der Waals surface area contributed by atoms with Crippen LogP contribution in [0, 0.1) is 0 Å². The van der Waals surface area contributed by atoms with E-state index < -0.39 is 0 Å². The van der Waals surface area contributed by atoms with Crippen LogP contribution in [-0.4, -0.2) is 68.6 Å². The van der Waals surface area contributed by atoms with Gasteiger partial charge in [-0.3, -0.25) is 9.69 Å². The Balaban J connectivity index is 1.56. The molecule has 21 heavy (non-hydrogen) atoms. The first-order valence-corrected chi connectivity index (χ1v) is 7.68. The van der Waals surface area contributed by atoms with Crippen molar-refractivity contribution in [2.24, 2.45) is 0 Å². The Morgan fingerprint density at radius 3 is 3.00 bits per heavy atom. The van der Waals surface area contributed by atoms with Crippen molar-refractivity contribution in [2.75, 3.05) is 52.9 Å². The van der Waals surface area contributed by atoms with Gasteiger partial charge in [0, 0.05) is 58.3 Å². The van der Waals surface area contributed by atoms with E-state index in [1.807, 2.05) is 30.1 Å². The van der Waals surface area contributed by atoms with Gasteiger partial charge in [0.2, 0.25) is 0 Å². The minimum Gasteiger partial charge on any atom is -0.493 e. The summed E-state index contributed by atoms with van der Waals surface area (Å²) in [5.74, 6) is 1.02. The molecule has 0 radical (unpaired) electrons. The van der Waals surface area contributed by atoms with Crippen molar-refractivity contribution in [1.29, 1.82) is 0 Å². The molecule has 1 aromatic rings. The molecule has 5 heteroatoms. The molecule has 2 aliphatic rings. The third-order valence-electron chi connectivity index (χ3n) is 4.24. The average Bonchev–Trinajstić information content (AvgIpc) is 3.00. The summed E-state index contributed by atoms with van der Waals surface area (Å²) in [6.45, 7) is 6.66. The monoisotopic (exact) mass is 289 g/mol. The summed E-state index contributed by atoms with van der Waals surface area (Å²) in [6.07, 6.45) is 0.904. The molecule has 1 amide bonds. The Morgan fingerprint density at radius 1 is 1.38 bits per heavy atom. The van der Waals surface area contributed by atoms with Crippen molar-refractivity contribution in [3.8, 4) is 5.75 Å². The zero-order valence-electron chi connectivity index (χ0n) is 12.6. The standard InChI is InChI=1S/C16H23N3O2/c1-18(9-10-19-7-5-17-6-8-19)16(20)14-2-3-15-13(12-14)4-11-21-15/h2-3,12,17H,4-11H2,1H3. The Labute approximate surface area is 125 Å². The molecule has 1 aromatic carbocycles. The number of carbonyl (C=O) groups excluding carboxylic acids is 1. The molecule has 5 nitrogen and oxygen atoms in total. The normalized spacial score (nSPS) is 18.1. The highest BCUT2D eigenvalue weighted by molar-refractivity contribution is 5.94. The van der Waals surface area contributed by atoms with Gasteiger partial charge in [-0.05, 0) is 23.8 Å². The molecule has 1 N–H and O–H groups in total. The highest BCUT2D eigenvalue weighted by Gasteiger charge is 2.18. The van der Waals surface area contributed by atoms with Crippen molar-refractivity contribution in [2.45, 2.75) is 6.42 Å². The van der Waals surface area contributed by atoms with Gasteiger partial charge in [0.25, 0.3) is 5.91 Å². The Kier molecular flexibility index (Phi) is 4.41. The van der Waals surface area contributed by atoms with E-state index in [0.717, 1.165) is 69.2 Å². The molecular formula is C16H23N3O2. The molecule has 0 unspecified atom stereocenters. The second-order valence-corrected chi connectivity index (χ2v) is 5.74. The predicted octanol–water partition coefficient (Wildman–Crippen LogP) is 0.599. The largest absolute Gasteiger partial charge is 0.493 e. The van der Waals surface area contributed by atoms with Crippen LogP contribution in [0.15, 0.2) is 18.2 Å². The topological polar surface area (TPSA) is 44.8 Å². The number of piperazine rings is 1. The molecule has 0 bridgehead atoms. The zero-order chi connectivity index (χ0) is 14.7. The molecule has 0 aliphatic carbocycles. The number of fused-ring (bicyclic) bond motifs is 1. The van der Waals surface area contributed by atoms with E-state index in [2.05, 4.69) is 10.2 Å². The smallest absolute Gasteiger partial charge is 0.253 e. The molecule has 0 aromatic heterocycles. The van der Waals surface area contributed by atoms with Gasteiger partial charge in [0.1, 0.15) is 5.75 Å². The average molecular weight is 289 g/mol. The fourth-order valence-corrected chi connectivity index (χ4v) is 2.87. The van der Waals surface area contributed by atoms with Crippen molar-refractivity contribution in [1.82, 2.24) is 15.1 Å². The summed E-state index contributed by atoms with van der Waals surface area (Å²) in [4.78, 5) is 16.7. The van der Waals surface area contributed by atoms with Crippen LogP contribution in [-0.2, 0) is 6.42 Å². The van der Waals surface area contributed by atoms with Crippen molar-refractivity contribution in [3.05, 3.63) is 29.3 Å². The maximum atomic E-state index is 12.5. The van der Waals surface area contributed by atoms with Gasteiger partial charge in [-0.2, -0.15) is 0 Å². The number of ether oxygens (including phenoxy) is 1. The Bertz CT molecular complexity index is 512. The maximum absolute atomic E-state index is 12.5. The fourth-order valence-electron chi connectivity index (χ4n) is 2.87. The zero-order valence-corrected chi connectivity index (χ0v) is 12.6. The summed E-state index contributed by atoms with van der Waals surface area (Å²) >= 11 is 0. The first kappa shape index (κ1) is 14.4. The third-order valence-corrected chi connectivity index (χ3v) is 4.24. The first-order valence-electron chi connectivity index (χ1n) is 7.68. The van der Waals surface area contributed by atoms with E-state index >= 15 is 0 Å². The third kappa shape index (κ3) is 3.36. The number of hydrogen-bond donors (Lipinski definition) is 1. The van der Waals surface area contributed by atoms with Crippen LogP contribution in [0.2, 0.25) is 0 Å². The number of carbonyl (C=O) groups is 1. The van der Waals surface area contributed by atoms with E-state index in [1.54, 1.807) is 0 Å². The van der Waals surface area contributed by atoms with Gasteiger partial charge in [-0.15, -0.1) is 0 Å². The van der Waals surface area contributed by atoms with Crippen LogP contribution < -0.4 is 10.1 Å². The lowest BCUT2D eigenvalue weighted by molar-refractivity contribution is 0.0775. The lowest BCUT2D eigenvalue weighted by atomic mass is 10.1. The van der Waals surface area contributed by atoms with Gasteiger partial charge in [0.05, 0.1) is 6.61 Å². The molecule has 0 atom stereocenters. The second-order valence-electron chi connectivity index (χ2n) is 5.74. The number of rotatable bonds is 4. The molecular weight excluding hydrogens is 266 g/mol. The number of nitrogens with zero attached hydrogens (tertiary/aromatic N) is 2. The Morgan fingerprint density at radius 2 is 2.19 bits per heavy atom. The van der Waals surface area contributed by atoms with Gasteiger partial charge in [-0.25, -0.2) is 0 Å². The van der Waals surface area contributed by atoms with E-state index in [1.165, 1.54) is 0 Å². The summed E-state index contributed by atoms with van der Waals surface area (Å²) in [5.41, 5.74) is 1.92. The maximum Gasteiger partial charge on any atom is 0.253 e. The highest BCUT2D eigenvalue weighted by atomic mass is 16.5. The molecule has 2 heterocycles. The number of likely N-dealkylation sites (N-methyl/N-ethyl adjacent to an activating group) is 1. The van der Waals surface area contributed by atoms with Gasteiger partial charge in [-0.1, -0.05) is 0 Å². The molecule has 1 saturated heterocycles. The van der Waals surface area contributed by atoms with Gasteiger partial charge >= 0.3 is 0 Å². The molecule has 0 saturated carbocycles. The number of nitrogens with one attached hydrogen (secondary N) is 1. The van der Waals surface area contributed by atoms with E-state index in [9.17, 15) is 4.79 Å². The van der Waals surface area contributed by atoms with Crippen molar-refractivity contribution in [3.63, 3.8) is 0 Å². The first-order chi connectivity index (χ1) is 10.2. The van der Waals surface area contributed by atoms with E-state index in [4.69, 9.17) is 4.74 Å². The summed E-state index contributed by atoms with van der Waals surface area (Å²) in [7, 11) is 1.88. The van der Waals surface area contributed by atoms with E-state index in [-0.39, 0.29) is 5.91 Å². The van der Waals surface area contributed by atoms with Crippen molar-refractivity contribution < 1.29 is 9.53 Å². The van der Waals surface area contributed by atoms with Crippen LogP contribution in [0.3, 0.4) is 0 Å². The van der Waals surface area contributed by atoms with Crippen LogP contribution in [0.5, 0.6) is 5.75 Å². The highest BCUT2D eigenvalue weighted by Crippen LogP contribution is 2.26. The van der Waals surface area contributed by atoms with E-state index in [0.29, 0.717) is 0 Å². The molecule has 0 spiro atoms. The fraction of sp³-hybridized carbons (Fsp3) is 0.562. The molecule has 3 rings (SSSR count). The van der Waals surface area contributed by atoms with Crippen LogP contribution in [0.1, 0.15) is 15.9 Å². The lowest BCUT2D eigenvalue weighted by Crippen LogP contribution is -2.46. The Hall–Kier alpha value is -1.59. The number of amides is 1. The molecule has 1 fully saturated rings. The van der Waals surface area contributed by atoms with Crippen LogP contribution >= 0.6 is 0 Å². The summed E-state index contributed by atoms with van der Waals surface area (Å²) in [5, 5.41) is 3.34. The lowest BCUT2D eigenvalue weighted by Gasteiger charge is -2.29. The van der Waals surface area contributed by atoms with Crippen LogP contribution in [0.25, 0.3) is 0 Å².